The average molecular weight is 291 g/mol. The molecule has 0 radical (unpaired) electrons. The van der Waals surface area contributed by atoms with E-state index in [0.29, 0.717) is 12.5 Å². The largest absolute Gasteiger partial charge is 0.416 e. The van der Waals surface area contributed by atoms with Gasteiger partial charge in [-0.1, -0.05) is 6.07 Å². The predicted octanol–water partition coefficient (Wildman–Crippen LogP) is 3.24. The number of aliphatic hydroxyl groups is 1. The van der Waals surface area contributed by atoms with Crippen LogP contribution in [0.2, 0.25) is 0 Å². The lowest BCUT2D eigenvalue weighted by atomic mass is 9.93. The van der Waals surface area contributed by atoms with Gasteiger partial charge in [-0.05, 0) is 43.4 Å². The molecular formula is C14H17F4NO. The van der Waals surface area contributed by atoms with E-state index in [1.54, 1.807) is 0 Å². The summed E-state index contributed by atoms with van der Waals surface area (Å²) in [5, 5.41) is 12.5. The molecule has 1 aliphatic carbocycles. The molecule has 1 aromatic rings. The summed E-state index contributed by atoms with van der Waals surface area (Å²) in [4.78, 5) is 0. The number of rotatable bonds is 3. The smallest absolute Gasteiger partial charge is 0.393 e. The van der Waals surface area contributed by atoms with Gasteiger partial charge in [0.15, 0.2) is 0 Å². The van der Waals surface area contributed by atoms with Gasteiger partial charge in [0.25, 0.3) is 0 Å². The third-order valence-electron chi connectivity index (χ3n) is 3.61. The Labute approximate surface area is 114 Å². The van der Waals surface area contributed by atoms with Gasteiger partial charge < -0.3 is 10.4 Å². The van der Waals surface area contributed by atoms with E-state index in [2.05, 4.69) is 5.32 Å². The Bertz CT molecular complexity index is 461. The van der Waals surface area contributed by atoms with Crippen LogP contribution in [0.1, 0.15) is 36.8 Å². The molecule has 20 heavy (non-hydrogen) atoms. The lowest BCUT2D eigenvalue weighted by Crippen LogP contribution is -2.36. The highest BCUT2D eigenvalue weighted by Crippen LogP contribution is 2.32. The molecule has 0 aliphatic heterocycles. The molecule has 2 unspecified atom stereocenters. The molecule has 0 spiro atoms. The van der Waals surface area contributed by atoms with Crippen LogP contribution in [-0.2, 0) is 12.7 Å². The SMILES string of the molecule is OC1CCCC(NCc2ccc(F)cc2C(F)(F)F)C1. The average Bonchev–Trinajstić information content (AvgIpc) is 2.36. The molecule has 2 nitrogen and oxygen atoms in total. The highest BCUT2D eigenvalue weighted by atomic mass is 19.4. The van der Waals surface area contributed by atoms with E-state index in [-0.39, 0.29) is 18.2 Å². The van der Waals surface area contributed by atoms with E-state index in [0.717, 1.165) is 31.4 Å². The number of aliphatic hydroxyl groups excluding tert-OH is 1. The van der Waals surface area contributed by atoms with Crippen LogP contribution in [0.5, 0.6) is 0 Å². The maximum Gasteiger partial charge on any atom is 0.416 e. The molecule has 6 heteroatoms. The van der Waals surface area contributed by atoms with Crippen molar-refractivity contribution in [1.29, 1.82) is 0 Å². The molecule has 0 heterocycles. The molecule has 0 saturated heterocycles. The summed E-state index contributed by atoms with van der Waals surface area (Å²) in [7, 11) is 0. The van der Waals surface area contributed by atoms with Crippen molar-refractivity contribution in [2.45, 2.75) is 50.6 Å². The van der Waals surface area contributed by atoms with E-state index in [1.165, 1.54) is 0 Å². The summed E-state index contributed by atoms with van der Waals surface area (Å²) in [6.45, 7) is 0.0203. The van der Waals surface area contributed by atoms with Crippen molar-refractivity contribution in [2.24, 2.45) is 0 Å². The zero-order valence-electron chi connectivity index (χ0n) is 10.9. The van der Waals surface area contributed by atoms with E-state index in [1.807, 2.05) is 0 Å². The lowest BCUT2D eigenvalue weighted by Gasteiger charge is -2.27. The van der Waals surface area contributed by atoms with Crippen molar-refractivity contribution in [3.05, 3.63) is 35.1 Å². The van der Waals surface area contributed by atoms with Crippen LogP contribution >= 0.6 is 0 Å². The van der Waals surface area contributed by atoms with Crippen LogP contribution in [0.15, 0.2) is 18.2 Å². The fourth-order valence-electron chi connectivity index (χ4n) is 2.57. The predicted molar refractivity (Wildman–Crippen MR) is 66.5 cm³/mol. The number of benzene rings is 1. The zero-order chi connectivity index (χ0) is 14.8. The molecule has 112 valence electrons. The van der Waals surface area contributed by atoms with Crippen LogP contribution < -0.4 is 5.32 Å². The summed E-state index contributed by atoms with van der Waals surface area (Å²) < 4.78 is 51.4. The van der Waals surface area contributed by atoms with E-state index >= 15 is 0 Å². The first-order valence-corrected chi connectivity index (χ1v) is 6.63. The topological polar surface area (TPSA) is 32.3 Å². The van der Waals surface area contributed by atoms with Crippen molar-refractivity contribution >= 4 is 0 Å². The molecule has 0 amide bonds. The van der Waals surface area contributed by atoms with Gasteiger partial charge in [-0.15, -0.1) is 0 Å². The van der Waals surface area contributed by atoms with Crippen LogP contribution in [0, 0.1) is 5.82 Å². The molecular weight excluding hydrogens is 274 g/mol. The molecule has 2 atom stereocenters. The van der Waals surface area contributed by atoms with Gasteiger partial charge in [-0.25, -0.2) is 4.39 Å². The fraction of sp³-hybridized carbons (Fsp3) is 0.571. The quantitative estimate of drug-likeness (QED) is 0.838. The zero-order valence-corrected chi connectivity index (χ0v) is 10.9. The minimum absolute atomic E-state index is 0.00452. The molecule has 0 aromatic heterocycles. The maximum absolute atomic E-state index is 13.0. The van der Waals surface area contributed by atoms with Crippen molar-refractivity contribution in [3.63, 3.8) is 0 Å². The van der Waals surface area contributed by atoms with Gasteiger partial charge in [-0.2, -0.15) is 13.2 Å². The number of hydrogen-bond acceptors (Lipinski definition) is 2. The van der Waals surface area contributed by atoms with Gasteiger partial charge in [0.1, 0.15) is 5.82 Å². The van der Waals surface area contributed by atoms with Gasteiger partial charge in [0, 0.05) is 12.6 Å². The summed E-state index contributed by atoms with van der Waals surface area (Å²) in [5.74, 6) is -0.894. The number of alkyl halides is 3. The Kier molecular flexibility index (Phi) is 4.65. The minimum atomic E-state index is -4.56. The van der Waals surface area contributed by atoms with E-state index in [9.17, 15) is 22.7 Å². The van der Waals surface area contributed by atoms with Crippen molar-refractivity contribution < 1.29 is 22.7 Å². The Morgan fingerprint density at radius 1 is 1.25 bits per heavy atom. The minimum Gasteiger partial charge on any atom is -0.393 e. The Balaban J connectivity index is 2.05. The molecule has 2 rings (SSSR count). The van der Waals surface area contributed by atoms with Crippen molar-refractivity contribution in [3.8, 4) is 0 Å². The van der Waals surface area contributed by atoms with Crippen LogP contribution in [0.25, 0.3) is 0 Å². The van der Waals surface area contributed by atoms with Crippen LogP contribution in [0.3, 0.4) is 0 Å². The molecule has 0 bridgehead atoms. The second-order valence-electron chi connectivity index (χ2n) is 5.20. The molecule has 1 saturated carbocycles. The summed E-state index contributed by atoms with van der Waals surface area (Å²) in [6, 6.07) is 2.71. The number of halogens is 4. The molecule has 1 aromatic carbocycles. The third kappa shape index (κ3) is 3.93. The highest BCUT2D eigenvalue weighted by molar-refractivity contribution is 5.30. The van der Waals surface area contributed by atoms with Gasteiger partial charge in [0.05, 0.1) is 11.7 Å². The third-order valence-corrected chi connectivity index (χ3v) is 3.61. The molecule has 1 aliphatic rings. The molecule has 2 N–H and O–H groups in total. The summed E-state index contributed by atoms with van der Waals surface area (Å²) >= 11 is 0. The second kappa shape index (κ2) is 6.10. The lowest BCUT2D eigenvalue weighted by molar-refractivity contribution is -0.138. The first-order chi connectivity index (χ1) is 9.36. The van der Waals surface area contributed by atoms with Gasteiger partial charge in [0.2, 0.25) is 0 Å². The summed E-state index contributed by atoms with van der Waals surface area (Å²) in [6.07, 6.45) is -1.99. The monoisotopic (exact) mass is 291 g/mol. The number of hydrogen-bond donors (Lipinski definition) is 2. The normalized spacial score (nSPS) is 23.9. The summed E-state index contributed by atoms with van der Waals surface area (Å²) in [5.41, 5.74) is -0.916. The van der Waals surface area contributed by atoms with Crippen molar-refractivity contribution in [2.75, 3.05) is 0 Å². The standard InChI is InChI=1S/C14H17F4NO/c15-10-5-4-9(13(6-10)14(16,17)18)8-19-11-2-1-3-12(20)7-11/h4-6,11-12,19-20H,1-3,7-8H2. The van der Waals surface area contributed by atoms with Crippen molar-refractivity contribution in [1.82, 2.24) is 5.32 Å². The van der Waals surface area contributed by atoms with Crippen LogP contribution in [0.4, 0.5) is 17.6 Å². The Hall–Kier alpha value is -1.14. The first-order valence-electron chi connectivity index (χ1n) is 6.63. The van der Waals surface area contributed by atoms with Gasteiger partial charge >= 0.3 is 6.18 Å². The Morgan fingerprint density at radius 2 is 2.00 bits per heavy atom. The molecule has 1 fully saturated rings. The number of nitrogens with one attached hydrogen (secondary N) is 1. The Morgan fingerprint density at radius 3 is 2.65 bits per heavy atom. The first kappa shape index (κ1) is 15.3. The highest BCUT2D eigenvalue weighted by Gasteiger charge is 2.33. The van der Waals surface area contributed by atoms with Crippen LogP contribution in [-0.4, -0.2) is 17.3 Å². The fourth-order valence-corrected chi connectivity index (χ4v) is 2.57. The van der Waals surface area contributed by atoms with Gasteiger partial charge in [-0.3, -0.25) is 0 Å². The van der Waals surface area contributed by atoms with E-state index in [4.69, 9.17) is 0 Å². The second-order valence-corrected chi connectivity index (χ2v) is 5.20. The maximum atomic E-state index is 13.0. The van der Waals surface area contributed by atoms with E-state index < -0.39 is 23.7 Å².